The number of aryl methyl sites for hydroxylation is 1. The summed E-state index contributed by atoms with van der Waals surface area (Å²) in [6, 6.07) is 57.4. The van der Waals surface area contributed by atoms with Gasteiger partial charge in [0, 0.05) is 63.1 Å². The summed E-state index contributed by atoms with van der Waals surface area (Å²) in [6.07, 6.45) is 2.02. The zero-order valence-corrected chi connectivity index (χ0v) is 40.6. The van der Waals surface area contributed by atoms with Crippen molar-refractivity contribution in [1.82, 2.24) is 19.5 Å². The van der Waals surface area contributed by atoms with Crippen molar-refractivity contribution in [2.75, 3.05) is 0 Å². The second-order valence-corrected chi connectivity index (χ2v) is 24.2. The fourth-order valence-corrected chi connectivity index (χ4v) is 10.4. The summed E-state index contributed by atoms with van der Waals surface area (Å²) in [7, 11) is -1.23. The molecule has 6 aromatic carbocycles. The molecule has 11 aromatic rings. The third-order valence-electron chi connectivity index (χ3n) is 11.7. The van der Waals surface area contributed by atoms with Gasteiger partial charge in [-0.25, -0.2) is 4.98 Å². The summed E-state index contributed by atoms with van der Waals surface area (Å²) < 4.78 is 11.4. The number of imidazole rings is 1. The first-order valence-corrected chi connectivity index (χ1v) is 25.4. The van der Waals surface area contributed by atoms with Crippen LogP contribution in [0.25, 0.3) is 92.9 Å². The number of fused-ring (bicyclic) bond motifs is 7. The SMILES string of the molecule is C[Si](C)(C)c1ccc(-c2[c-]cccc2)nc1.Cc1c[c-]c(-c2nc3ccccc3n2-c2ccc3c(c2)sc2cc(C(C)(C)C)ccc23)c2oc3nc(-c4ccccc4)ccc3c12.[Ir]. The van der Waals surface area contributed by atoms with Crippen LogP contribution < -0.4 is 5.19 Å². The van der Waals surface area contributed by atoms with Crippen molar-refractivity contribution in [3.63, 3.8) is 0 Å². The molecule has 5 heterocycles. The first-order chi connectivity index (χ1) is 29.9. The van der Waals surface area contributed by atoms with E-state index in [0.717, 1.165) is 72.5 Å². The molecule has 11 rings (SSSR count). The van der Waals surface area contributed by atoms with E-state index in [0.29, 0.717) is 5.71 Å². The third kappa shape index (κ3) is 7.98. The maximum Gasteiger partial charge on any atom is 0.216 e. The third-order valence-corrected chi connectivity index (χ3v) is 14.8. The molecule has 8 heteroatoms. The van der Waals surface area contributed by atoms with Crippen LogP contribution >= 0.6 is 11.3 Å². The van der Waals surface area contributed by atoms with Crippen LogP contribution in [0.5, 0.6) is 0 Å². The predicted molar refractivity (Wildman–Crippen MR) is 264 cm³/mol. The van der Waals surface area contributed by atoms with Crippen molar-refractivity contribution < 1.29 is 24.5 Å². The summed E-state index contributed by atoms with van der Waals surface area (Å²) in [6.45, 7) is 15.9. The standard InChI is InChI=1S/C41H30N3OS.C14H16NSi.Ir/c1-24-14-17-31(38-37(24)30-20-21-32(43-40(30)45-38)25-10-6-5-7-11-25)39-42-33-12-8-9-13-34(33)44(39)27-16-19-29-28-18-15-26(41(2,3)4)22-35(28)46-36(29)23-27;1-16(2,3)13-9-10-14(15-11-13)12-7-5-4-6-8-12;/h5-16,18-23H,1-4H3;4-7,9-11H,1-3H3;/q2*-1;. The molecule has 0 aliphatic heterocycles. The minimum absolute atomic E-state index is 0. The molecule has 1 radical (unpaired) electrons. The largest absolute Gasteiger partial charge is 0.486 e. The van der Waals surface area contributed by atoms with E-state index in [9.17, 15) is 0 Å². The molecule has 0 saturated heterocycles. The predicted octanol–water partition coefficient (Wildman–Crippen LogP) is 14.5. The Morgan fingerprint density at radius 2 is 1.41 bits per heavy atom. The van der Waals surface area contributed by atoms with Crippen LogP contribution in [0.15, 0.2) is 156 Å². The average Bonchev–Trinajstić information content (AvgIpc) is 3.98. The summed E-state index contributed by atoms with van der Waals surface area (Å²) in [5, 5.41) is 6.01. The number of hydrogen-bond donors (Lipinski definition) is 0. The van der Waals surface area contributed by atoms with Crippen LogP contribution in [0.1, 0.15) is 31.9 Å². The van der Waals surface area contributed by atoms with Crippen LogP contribution in [0.3, 0.4) is 0 Å². The Bertz CT molecular complexity index is 3430. The number of hydrogen-bond acceptors (Lipinski definition) is 5. The number of nitrogens with zero attached hydrogens (tertiary/aromatic N) is 4. The molecule has 313 valence electrons. The van der Waals surface area contributed by atoms with Crippen molar-refractivity contribution in [3.8, 4) is 39.6 Å². The zero-order valence-electron chi connectivity index (χ0n) is 36.4. The van der Waals surface area contributed by atoms with Crippen LogP contribution in [-0.4, -0.2) is 27.6 Å². The zero-order chi connectivity index (χ0) is 42.8. The smallest absolute Gasteiger partial charge is 0.216 e. The Labute approximate surface area is 386 Å². The monoisotopic (exact) mass is 1030 g/mol. The Morgan fingerprint density at radius 3 is 2.14 bits per heavy atom. The second-order valence-electron chi connectivity index (χ2n) is 18.0. The van der Waals surface area contributed by atoms with E-state index in [1.165, 1.54) is 30.9 Å². The van der Waals surface area contributed by atoms with Gasteiger partial charge in [0.1, 0.15) is 0 Å². The Morgan fingerprint density at radius 1 is 0.698 bits per heavy atom. The van der Waals surface area contributed by atoms with E-state index in [1.807, 2.05) is 72.1 Å². The molecule has 0 fully saturated rings. The molecule has 5 aromatic heterocycles. The van der Waals surface area contributed by atoms with Gasteiger partial charge in [0.15, 0.2) is 0 Å². The molecule has 0 atom stereocenters. The number of furan rings is 1. The molecule has 63 heavy (non-hydrogen) atoms. The summed E-state index contributed by atoms with van der Waals surface area (Å²) in [5.41, 5.74) is 11.8. The molecule has 5 nitrogen and oxygen atoms in total. The molecule has 0 saturated carbocycles. The molecule has 0 amide bonds. The van der Waals surface area contributed by atoms with Gasteiger partial charge >= 0.3 is 0 Å². The fourth-order valence-electron chi connectivity index (χ4n) is 8.18. The van der Waals surface area contributed by atoms with Gasteiger partial charge in [-0.15, -0.1) is 64.9 Å². The van der Waals surface area contributed by atoms with Gasteiger partial charge in [0.2, 0.25) is 5.71 Å². The normalized spacial score (nSPS) is 11.9. The van der Waals surface area contributed by atoms with E-state index in [4.69, 9.17) is 14.4 Å². The van der Waals surface area contributed by atoms with Crippen molar-refractivity contribution in [3.05, 3.63) is 175 Å². The van der Waals surface area contributed by atoms with Gasteiger partial charge in [-0.2, -0.15) is 0 Å². The Kier molecular flexibility index (Phi) is 11.1. The summed E-state index contributed by atoms with van der Waals surface area (Å²) >= 11 is 1.85. The van der Waals surface area contributed by atoms with Crippen LogP contribution in [0, 0.1) is 19.1 Å². The molecule has 0 unspecified atom stereocenters. The second kappa shape index (κ2) is 16.6. The van der Waals surface area contributed by atoms with Crippen LogP contribution in [-0.2, 0) is 25.5 Å². The van der Waals surface area contributed by atoms with E-state index in [2.05, 4.69) is 160 Å². The molecular formula is C55H46IrN4OSSi-2. The van der Waals surface area contributed by atoms with E-state index in [-0.39, 0.29) is 25.5 Å². The van der Waals surface area contributed by atoms with E-state index < -0.39 is 8.07 Å². The number of para-hydroxylation sites is 2. The number of benzene rings is 6. The van der Waals surface area contributed by atoms with Crippen molar-refractivity contribution in [2.24, 2.45) is 0 Å². The molecule has 0 aliphatic carbocycles. The Balaban J connectivity index is 0.000000251. The van der Waals surface area contributed by atoms with Crippen molar-refractivity contribution in [2.45, 2.75) is 52.8 Å². The molecule has 0 N–H and O–H groups in total. The van der Waals surface area contributed by atoms with Crippen LogP contribution in [0.2, 0.25) is 19.6 Å². The maximum atomic E-state index is 6.62. The van der Waals surface area contributed by atoms with Gasteiger partial charge in [-0.3, -0.25) is 4.98 Å². The first-order valence-electron chi connectivity index (χ1n) is 21.1. The molecule has 0 bridgehead atoms. The van der Waals surface area contributed by atoms with Gasteiger partial charge in [-0.1, -0.05) is 131 Å². The minimum atomic E-state index is -1.23. The van der Waals surface area contributed by atoms with Crippen LogP contribution in [0.4, 0.5) is 0 Å². The Hall–Kier alpha value is -6.02. The summed E-state index contributed by atoms with van der Waals surface area (Å²) in [5.74, 6) is 0.795. The van der Waals surface area contributed by atoms with E-state index in [1.54, 1.807) is 0 Å². The topological polar surface area (TPSA) is 56.7 Å². The molecule has 0 spiro atoms. The van der Waals surface area contributed by atoms with E-state index >= 15 is 0 Å². The van der Waals surface area contributed by atoms with Gasteiger partial charge < -0.3 is 14.0 Å². The fraction of sp³-hybridized carbons (Fsp3) is 0.145. The van der Waals surface area contributed by atoms with Gasteiger partial charge in [-0.05, 0) is 64.3 Å². The average molecular weight is 1030 g/mol. The number of thiophene rings is 1. The number of pyridine rings is 2. The molecular weight excluding hydrogens is 985 g/mol. The van der Waals surface area contributed by atoms with Crippen molar-refractivity contribution in [1.29, 1.82) is 0 Å². The first kappa shape index (κ1) is 42.3. The number of aromatic nitrogens is 4. The van der Waals surface area contributed by atoms with Gasteiger partial charge in [0.05, 0.1) is 36.2 Å². The quantitative estimate of drug-likeness (QED) is 0.127. The van der Waals surface area contributed by atoms with Gasteiger partial charge in [0.25, 0.3) is 0 Å². The number of rotatable bonds is 5. The maximum absolute atomic E-state index is 6.62. The van der Waals surface area contributed by atoms with Crippen molar-refractivity contribution >= 4 is 77.9 Å². The molecule has 0 aliphatic rings. The summed E-state index contributed by atoms with van der Waals surface area (Å²) in [4.78, 5) is 14.7. The minimum Gasteiger partial charge on any atom is -0.486 e.